The molecule has 0 saturated carbocycles. The van der Waals surface area contributed by atoms with E-state index < -0.39 is 10.5 Å². The maximum Gasteiger partial charge on any atom is 0.286 e. The van der Waals surface area contributed by atoms with E-state index in [-0.39, 0.29) is 16.4 Å². The van der Waals surface area contributed by atoms with Crippen molar-refractivity contribution in [3.63, 3.8) is 0 Å². The molecule has 0 radical (unpaired) electrons. The molecule has 0 bridgehead atoms. The lowest BCUT2D eigenvalue weighted by atomic mass is 10.2. The molecule has 0 amide bonds. The molecule has 7 heteroatoms. The van der Waals surface area contributed by atoms with Gasteiger partial charge in [0, 0.05) is 12.1 Å². The zero-order valence-electron chi connectivity index (χ0n) is 7.23. The Labute approximate surface area is 87.7 Å². The average Bonchev–Trinajstić information content (AvgIpc) is 2.19. The molecule has 76 valence electrons. The van der Waals surface area contributed by atoms with E-state index in [4.69, 9.17) is 11.6 Å². The molecule has 1 aromatic heterocycles. The van der Waals surface area contributed by atoms with Crippen molar-refractivity contribution < 1.29 is 4.92 Å². The molecule has 2 aromatic rings. The Morgan fingerprint density at radius 2 is 2.20 bits per heavy atom. The number of benzene rings is 1. The van der Waals surface area contributed by atoms with E-state index in [0.29, 0.717) is 5.52 Å². The predicted molar refractivity (Wildman–Crippen MR) is 54.0 cm³/mol. The van der Waals surface area contributed by atoms with Crippen LogP contribution in [0.3, 0.4) is 0 Å². The van der Waals surface area contributed by atoms with Crippen LogP contribution < -0.4 is 5.56 Å². The van der Waals surface area contributed by atoms with Gasteiger partial charge in [0.05, 0.1) is 16.0 Å². The molecule has 0 aliphatic carbocycles. The number of nitro benzene ring substituents is 1. The molecule has 1 N–H and O–H groups in total. The van der Waals surface area contributed by atoms with Crippen LogP contribution in [0.15, 0.2) is 23.0 Å². The highest BCUT2D eigenvalue weighted by Crippen LogP contribution is 2.17. The van der Waals surface area contributed by atoms with Crippen molar-refractivity contribution in [2.45, 2.75) is 0 Å². The van der Waals surface area contributed by atoms with Crippen LogP contribution in [0.1, 0.15) is 0 Å². The molecule has 0 atom stereocenters. The van der Waals surface area contributed by atoms with E-state index in [9.17, 15) is 14.9 Å². The molecule has 1 heterocycles. The van der Waals surface area contributed by atoms with Crippen LogP contribution in [0.25, 0.3) is 11.0 Å². The normalized spacial score (nSPS) is 10.5. The lowest BCUT2D eigenvalue weighted by Crippen LogP contribution is -2.08. The Morgan fingerprint density at radius 3 is 2.87 bits per heavy atom. The van der Waals surface area contributed by atoms with Crippen molar-refractivity contribution in [2.75, 3.05) is 0 Å². The lowest BCUT2D eigenvalue weighted by Gasteiger charge is -1.97. The number of rotatable bonds is 1. The monoisotopic (exact) mass is 225 g/mol. The van der Waals surface area contributed by atoms with Gasteiger partial charge in [-0.25, -0.2) is 4.98 Å². The summed E-state index contributed by atoms with van der Waals surface area (Å²) in [5, 5.41) is 10.2. The number of aromatic nitrogens is 2. The van der Waals surface area contributed by atoms with Crippen LogP contribution in [0.5, 0.6) is 0 Å². The van der Waals surface area contributed by atoms with Gasteiger partial charge in [0.1, 0.15) is 0 Å². The van der Waals surface area contributed by atoms with Gasteiger partial charge in [0.15, 0.2) is 5.15 Å². The number of nitrogens with zero attached hydrogens (tertiary/aromatic N) is 2. The number of H-pyrrole nitrogens is 1. The summed E-state index contributed by atoms with van der Waals surface area (Å²) >= 11 is 5.49. The summed E-state index contributed by atoms with van der Waals surface area (Å²) in [5.74, 6) is 0. The second-order valence-electron chi connectivity index (χ2n) is 2.82. The minimum absolute atomic E-state index is 0.0990. The average molecular weight is 226 g/mol. The minimum atomic E-state index is -0.542. The first-order chi connectivity index (χ1) is 7.08. The van der Waals surface area contributed by atoms with E-state index in [1.54, 1.807) is 0 Å². The number of nitro groups is 1. The summed E-state index contributed by atoms with van der Waals surface area (Å²) in [5.41, 5.74) is 0.0833. The molecule has 0 aliphatic rings. The third-order valence-corrected chi connectivity index (χ3v) is 2.10. The summed E-state index contributed by atoms with van der Waals surface area (Å²) in [7, 11) is 0. The van der Waals surface area contributed by atoms with Crippen LogP contribution >= 0.6 is 11.6 Å². The summed E-state index contributed by atoms with van der Waals surface area (Å²) in [6.07, 6.45) is 0. The quantitative estimate of drug-likeness (QED) is 0.588. The zero-order valence-corrected chi connectivity index (χ0v) is 7.99. The molecule has 0 aliphatic heterocycles. The first-order valence-corrected chi connectivity index (χ1v) is 4.30. The number of hydrogen-bond donors (Lipinski definition) is 1. The molecular formula is C8H4ClN3O3. The van der Waals surface area contributed by atoms with Gasteiger partial charge < -0.3 is 4.98 Å². The van der Waals surface area contributed by atoms with Crippen molar-refractivity contribution in [1.82, 2.24) is 9.97 Å². The van der Waals surface area contributed by atoms with Gasteiger partial charge in [0.25, 0.3) is 11.2 Å². The molecule has 6 nitrogen and oxygen atoms in total. The van der Waals surface area contributed by atoms with E-state index in [2.05, 4.69) is 9.97 Å². The summed E-state index contributed by atoms with van der Waals surface area (Å²) in [4.78, 5) is 27.2. The molecule has 0 saturated heterocycles. The highest BCUT2D eigenvalue weighted by molar-refractivity contribution is 6.29. The van der Waals surface area contributed by atoms with Crippen molar-refractivity contribution in [3.05, 3.63) is 43.8 Å². The first-order valence-electron chi connectivity index (χ1n) is 3.92. The standard InChI is InChI=1S/C8H4ClN3O3/c9-7-8(13)11-5-2-1-4(12(14)15)3-6(5)10-7/h1-3H,(H,11,13). The van der Waals surface area contributed by atoms with Gasteiger partial charge in [-0.05, 0) is 6.07 Å². The Hall–Kier alpha value is -1.95. The van der Waals surface area contributed by atoms with Crippen molar-refractivity contribution in [1.29, 1.82) is 0 Å². The van der Waals surface area contributed by atoms with Crippen LogP contribution in [-0.4, -0.2) is 14.9 Å². The van der Waals surface area contributed by atoms with Gasteiger partial charge in [0.2, 0.25) is 0 Å². The van der Waals surface area contributed by atoms with Crippen molar-refractivity contribution in [3.8, 4) is 0 Å². The number of non-ortho nitro benzene ring substituents is 1. The topological polar surface area (TPSA) is 88.9 Å². The lowest BCUT2D eigenvalue weighted by molar-refractivity contribution is -0.384. The molecule has 1 aromatic carbocycles. The summed E-state index contributed by atoms with van der Waals surface area (Å²) < 4.78 is 0. The summed E-state index contributed by atoms with van der Waals surface area (Å²) in [6.45, 7) is 0. The molecule has 0 spiro atoms. The second kappa shape index (κ2) is 3.32. The zero-order chi connectivity index (χ0) is 11.0. The number of fused-ring (bicyclic) bond motifs is 1. The van der Waals surface area contributed by atoms with E-state index >= 15 is 0 Å². The van der Waals surface area contributed by atoms with Gasteiger partial charge in [-0.2, -0.15) is 0 Å². The van der Waals surface area contributed by atoms with Gasteiger partial charge >= 0.3 is 0 Å². The highest BCUT2D eigenvalue weighted by Gasteiger charge is 2.08. The molecule has 2 rings (SSSR count). The van der Waals surface area contributed by atoms with Crippen molar-refractivity contribution >= 4 is 28.3 Å². The Balaban J connectivity index is 2.77. The van der Waals surface area contributed by atoms with E-state index in [1.807, 2.05) is 0 Å². The summed E-state index contributed by atoms with van der Waals surface area (Å²) in [6, 6.07) is 3.95. The predicted octanol–water partition coefficient (Wildman–Crippen LogP) is 1.48. The molecule has 15 heavy (non-hydrogen) atoms. The molecule has 0 fully saturated rings. The van der Waals surface area contributed by atoms with E-state index in [0.717, 1.165) is 0 Å². The Bertz CT molecular complexity index is 608. The number of aromatic amines is 1. The number of halogens is 1. The fourth-order valence-electron chi connectivity index (χ4n) is 1.16. The minimum Gasteiger partial charge on any atom is -0.318 e. The van der Waals surface area contributed by atoms with Crippen LogP contribution in [0.4, 0.5) is 5.69 Å². The Kier molecular flexibility index (Phi) is 2.12. The maximum atomic E-state index is 11.1. The highest BCUT2D eigenvalue weighted by atomic mass is 35.5. The maximum absolute atomic E-state index is 11.1. The fourth-order valence-corrected chi connectivity index (χ4v) is 1.30. The SMILES string of the molecule is O=c1[nH]c2ccc([N+](=O)[O-])cc2nc1Cl. The number of nitrogens with one attached hydrogen (secondary N) is 1. The first kappa shape index (κ1) is 9.60. The van der Waals surface area contributed by atoms with E-state index in [1.165, 1.54) is 18.2 Å². The second-order valence-corrected chi connectivity index (χ2v) is 3.17. The molecular weight excluding hydrogens is 222 g/mol. The number of hydrogen-bond acceptors (Lipinski definition) is 4. The van der Waals surface area contributed by atoms with Gasteiger partial charge in [-0.1, -0.05) is 11.6 Å². The van der Waals surface area contributed by atoms with Crippen LogP contribution in [0.2, 0.25) is 5.15 Å². The fraction of sp³-hybridized carbons (Fsp3) is 0. The largest absolute Gasteiger partial charge is 0.318 e. The third kappa shape index (κ3) is 1.66. The Morgan fingerprint density at radius 1 is 1.47 bits per heavy atom. The van der Waals surface area contributed by atoms with Gasteiger partial charge in [-0.15, -0.1) is 0 Å². The molecule has 0 unspecified atom stereocenters. The smallest absolute Gasteiger partial charge is 0.286 e. The van der Waals surface area contributed by atoms with Crippen LogP contribution in [0, 0.1) is 10.1 Å². The van der Waals surface area contributed by atoms with Crippen LogP contribution in [-0.2, 0) is 0 Å². The van der Waals surface area contributed by atoms with Crippen molar-refractivity contribution in [2.24, 2.45) is 0 Å². The van der Waals surface area contributed by atoms with Gasteiger partial charge in [-0.3, -0.25) is 14.9 Å². The third-order valence-electron chi connectivity index (χ3n) is 1.85.